The summed E-state index contributed by atoms with van der Waals surface area (Å²) in [6.45, 7) is 2.91. The third-order valence-corrected chi connectivity index (χ3v) is 7.93. The summed E-state index contributed by atoms with van der Waals surface area (Å²) in [5, 5.41) is 9.77. The molecule has 0 amide bonds. The molecule has 3 fully saturated rings. The summed E-state index contributed by atoms with van der Waals surface area (Å²) in [7, 11) is 0. The van der Waals surface area contributed by atoms with Crippen molar-refractivity contribution in [1.82, 2.24) is 0 Å². The minimum absolute atomic E-state index is 0.282. The van der Waals surface area contributed by atoms with Crippen molar-refractivity contribution < 1.29 is 9.52 Å². The van der Waals surface area contributed by atoms with Crippen LogP contribution in [-0.2, 0) is 0 Å². The Morgan fingerprint density at radius 3 is 3.05 bits per heavy atom. The van der Waals surface area contributed by atoms with Crippen LogP contribution in [0.3, 0.4) is 0 Å². The van der Waals surface area contributed by atoms with Crippen molar-refractivity contribution in [2.24, 2.45) is 28.6 Å². The number of hydrogen-bond acceptors (Lipinski definition) is 2. The molecular formula is C20H26O2. The van der Waals surface area contributed by atoms with Crippen LogP contribution in [0.15, 0.2) is 22.8 Å². The normalized spacial score (nSPS) is 48.6. The van der Waals surface area contributed by atoms with Crippen molar-refractivity contribution in [3.8, 4) is 0 Å². The van der Waals surface area contributed by atoms with Gasteiger partial charge in [-0.15, -0.1) is 0 Å². The first-order valence-corrected chi connectivity index (χ1v) is 9.04. The first kappa shape index (κ1) is 13.4. The number of hydrogen-bond donors (Lipinski definition) is 1. The van der Waals surface area contributed by atoms with Gasteiger partial charge in [0.15, 0.2) is 0 Å². The molecule has 3 saturated carbocycles. The van der Waals surface area contributed by atoms with Crippen LogP contribution in [0.1, 0.15) is 62.7 Å². The van der Waals surface area contributed by atoms with Crippen LogP contribution in [0.2, 0.25) is 0 Å². The SMILES string of the molecule is CC12C=Cc3occc3C1CCC13CC(CO)C(CCC12)C3. The molecule has 4 aliphatic carbocycles. The smallest absolute Gasteiger partial charge is 0.129 e. The zero-order chi connectivity index (χ0) is 14.9. The average Bonchev–Trinajstić information content (AvgIpc) is 3.09. The highest BCUT2D eigenvalue weighted by Gasteiger charge is 2.61. The summed E-state index contributed by atoms with van der Waals surface area (Å²) in [6, 6.07) is 2.20. The predicted octanol–water partition coefficient (Wildman–Crippen LogP) is 4.61. The lowest BCUT2D eigenvalue weighted by Crippen LogP contribution is -2.49. The van der Waals surface area contributed by atoms with Gasteiger partial charge in [-0.1, -0.05) is 13.0 Å². The summed E-state index contributed by atoms with van der Waals surface area (Å²) >= 11 is 0. The van der Waals surface area contributed by atoms with E-state index in [1.54, 1.807) is 0 Å². The van der Waals surface area contributed by atoms with Crippen LogP contribution in [0.4, 0.5) is 0 Å². The van der Waals surface area contributed by atoms with E-state index in [-0.39, 0.29) is 5.41 Å². The molecule has 0 radical (unpaired) electrons. The summed E-state index contributed by atoms with van der Waals surface area (Å²) < 4.78 is 5.66. The lowest BCUT2D eigenvalue weighted by molar-refractivity contribution is -0.0334. The second-order valence-electron chi connectivity index (χ2n) is 8.63. The topological polar surface area (TPSA) is 33.4 Å². The van der Waals surface area contributed by atoms with Crippen molar-refractivity contribution in [3.05, 3.63) is 29.7 Å². The van der Waals surface area contributed by atoms with E-state index in [9.17, 15) is 5.11 Å². The second-order valence-corrected chi connectivity index (χ2v) is 8.63. The van der Waals surface area contributed by atoms with E-state index >= 15 is 0 Å². The van der Waals surface area contributed by atoms with Crippen LogP contribution in [0.25, 0.3) is 6.08 Å². The van der Waals surface area contributed by atoms with E-state index in [1.165, 1.54) is 44.1 Å². The molecule has 1 N–H and O–H groups in total. The quantitative estimate of drug-likeness (QED) is 0.821. The molecule has 2 nitrogen and oxygen atoms in total. The molecular weight excluding hydrogens is 272 g/mol. The molecule has 1 spiro atoms. The largest absolute Gasteiger partial charge is 0.465 e. The molecule has 118 valence electrons. The number of aliphatic hydroxyl groups is 1. The summed E-state index contributed by atoms with van der Waals surface area (Å²) in [6.07, 6.45) is 14.5. The van der Waals surface area contributed by atoms with Gasteiger partial charge in [-0.3, -0.25) is 0 Å². The van der Waals surface area contributed by atoms with Gasteiger partial charge < -0.3 is 9.52 Å². The molecule has 0 aliphatic heterocycles. The number of rotatable bonds is 1. The minimum atomic E-state index is 0.282. The highest BCUT2D eigenvalue weighted by Crippen LogP contribution is 2.70. The van der Waals surface area contributed by atoms with Gasteiger partial charge in [0, 0.05) is 12.2 Å². The maximum Gasteiger partial charge on any atom is 0.129 e. The van der Waals surface area contributed by atoms with Crippen LogP contribution >= 0.6 is 0 Å². The van der Waals surface area contributed by atoms with Gasteiger partial charge in [-0.25, -0.2) is 0 Å². The zero-order valence-electron chi connectivity index (χ0n) is 13.4. The van der Waals surface area contributed by atoms with Crippen molar-refractivity contribution in [3.63, 3.8) is 0 Å². The highest BCUT2D eigenvalue weighted by molar-refractivity contribution is 5.55. The van der Waals surface area contributed by atoms with E-state index in [1.807, 2.05) is 6.26 Å². The maximum absolute atomic E-state index is 9.77. The van der Waals surface area contributed by atoms with E-state index < -0.39 is 0 Å². The van der Waals surface area contributed by atoms with E-state index in [0.29, 0.717) is 23.9 Å². The average molecular weight is 298 g/mol. The number of aliphatic hydroxyl groups excluding tert-OH is 1. The van der Waals surface area contributed by atoms with E-state index in [0.717, 1.165) is 17.6 Å². The molecule has 1 aromatic rings. The Morgan fingerprint density at radius 1 is 1.27 bits per heavy atom. The van der Waals surface area contributed by atoms with Gasteiger partial charge in [0.25, 0.3) is 0 Å². The van der Waals surface area contributed by atoms with Gasteiger partial charge in [-0.2, -0.15) is 0 Å². The first-order valence-electron chi connectivity index (χ1n) is 9.04. The molecule has 2 heteroatoms. The van der Waals surface area contributed by atoms with Crippen molar-refractivity contribution in [2.75, 3.05) is 6.61 Å². The Morgan fingerprint density at radius 2 is 2.18 bits per heavy atom. The van der Waals surface area contributed by atoms with Gasteiger partial charge in [0.05, 0.1) is 6.26 Å². The Bertz CT molecular complexity index is 629. The van der Waals surface area contributed by atoms with Gasteiger partial charge in [-0.05, 0) is 85.2 Å². The minimum Gasteiger partial charge on any atom is -0.465 e. The van der Waals surface area contributed by atoms with Crippen LogP contribution in [0, 0.1) is 28.6 Å². The van der Waals surface area contributed by atoms with Gasteiger partial charge in [0.1, 0.15) is 5.76 Å². The number of fused-ring (bicyclic) bond motifs is 5. The summed E-state index contributed by atoms with van der Waals surface area (Å²) in [4.78, 5) is 0. The van der Waals surface area contributed by atoms with Crippen molar-refractivity contribution in [1.29, 1.82) is 0 Å². The molecule has 0 saturated heterocycles. The third-order valence-electron chi connectivity index (χ3n) is 7.93. The Hall–Kier alpha value is -1.02. The highest BCUT2D eigenvalue weighted by atomic mass is 16.3. The molecule has 0 aromatic carbocycles. The van der Waals surface area contributed by atoms with Crippen molar-refractivity contribution >= 4 is 6.08 Å². The van der Waals surface area contributed by atoms with E-state index in [2.05, 4.69) is 25.1 Å². The summed E-state index contributed by atoms with van der Waals surface area (Å²) in [5.41, 5.74) is 2.23. The molecule has 4 aliphatic rings. The molecule has 1 heterocycles. The zero-order valence-corrected chi connectivity index (χ0v) is 13.4. The fourth-order valence-corrected chi connectivity index (χ4v) is 7.05. The molecule has 22 heavy (non-hydrogen) atoms. The first-order chi connectivity index (χ1) is 10.7. The Labute approximate surface area is 132 Å². The molecule has 5 rings (SSSR count). The monoisotopic (exact) mass is 298 g/mol. The Balaban J connectivity index is 1.58. The standard InChI is InChI=1S/C20H26O2/c1-19-7-5-17-15(6-9-22-17)16(19)4-8-20-10-13(2-3-18(19)20)14(11-20)12-21/h5-7,9,13-14,16,18,21H,2-4,8,10-12H2,1H3. The van der Waals surface area contributed by atoms with Crippen LogP contribution < -0.4 is 0 Å². The number of allylic oxidation sites excluding steroid dienone is 1. The van der Waals surface area contributed by atoms with Gasteiger partial charge in [0.2, 0.25) is 0 Å². The van der Waals surface area contributed by atoms with Gasteiger partial charge >= 0.3 is 0 Å². The fourth-order valence-electron chi connectivity index (χ4n) is 7.05. The maximum atomic E-state index is 9.77. The lowest BCUT2D eigenvalue weighted by Gasteiger charge is -2.58. The molecule has 2 bridgehead atoms. The van der Waals surface area contributed by atoms with Crippen LogP contribution in [-0.4, -0.2) is 11.7 Å². The summed E-state index contributed by atoms with van der Waals surface area (Å²) in [5.74, 6) is 3.87. The molecule has 6 unspecified atom stereocenters. The predicted molar refractivity (Wildman–Crippen MR) is 86.3 cm³/mol. The second kappa shape index (κ2) is 4.29. The Kier molecular flexibility index (Phi) is 2.61. The van der Waals surface area contributed by atoms with Crippen molar-refractivity contribution in [2.45, 2.75) is 51.4 Å². The lowest BCUT2D eigenvalue weighted by atomic mass is 9.46. The third kappa shape index (κ3) is 1.50. The fraction of sp³-hybridized carbons (Fsp3) is 0.700. The molecule has 1 aromatic heterocycles. The molecule has 6 atom stereocenters. The van der Waals surface area contributed by atoms with E-state index in [4.69, 9.17) is 4.42 Å². The van der Waals surface area contributed by atoms with Crippen LogP contribution in [0.5, 0.6) is 0 Å². The number of furan rings is 1.